The molecule has 2 aromatic carbocycles. The normalized spacial score (nSPS) is 12.3. The van der Waals surface area contributed by atoms with Crippen molar-refractivity contribution >= 4 is 28.0 Å². The van der Waals surface area contributed by atoms with Gasteiger partial charge in [-0.25, -0.2) is 4.99 Å². The smallest absolute Gasteiger partial charge is 0.174 e. The topological polar surface area (TPSA) is 90.9 Å². The maximum absolute atomic E-state index is 9.00. The van der Waals surface area contributed by atoms with Crippen LogP contribution in [0, 0.1) is 22.7 Å². The fourth-order valence-electron chi connectivity index (χ4n) is 2.84. The maximum Gasteiger partial charge on any atom is 0.174 e. The first-order valence-corrected chi connectivity index (χ1v) is 7.54. The van der Waals surface area contributed by atoms with Crippen molar-refractivity contribution in [3.8, 4) is 12.1 Å². The third-order valence-electron chi connectivity index (χ3n) is 3.94. The monoisotopic (exact) mass is 313 g/mol. The molecule has 0 aliphatic carbocycles. The van der Waals surface area contributed by atoms with Gasteiger partial charge in [-0.3, -0.25) is 0 Å². The highest BCUT2D eigenvalue weighted by Crippen LogP contribution is 2.29. The van der Waals surface area contributed by atoms with Crippen LogP contribution in [0.4, 0.5) is 0 Å². The van der Waals surface area contributed by atoms with Crippen molar-refractivity contribution in [2.75, 3.05) is 0 Å². The molecule has 3 aromatic rings. The van der Waals surface area contributed by atoms with Crippen LogP contribution >= 0.6 is 0 Å². The number of nitrogens with zero attached hydrogens (tertiary/aromatic N) is 4. The van der Waals surface area contributed by atoms with Crippen LogP contribution in [0.25, 0.3) is 21.8 Å². The summed E-state index contributed by atoms with van der Waals surface area (Å²) in [5, 5.41) is 20.1. The summed E-state index contributed by atoms with van der Waals surface area (Å²) in [6.07, 6.45) is 1.56. The van der Waals surface area contributed by atoms with Crippen molar-refractivity contribution in [1.82, 2.24) is 4.57 Å². The van der Waals surface area contributed by atoms with Gasteiger partial charge in [0.25, 0.3) is 0 Å². The molecule has 1 heterocycles. The van der Waals surface area contributed by atoms with Gasteiger partial charge >= 0.3 is 0 Å². The predicted molar refractivity (Wildman–Crippen MR) is 95.2 cm³/mol. The van der Waals surface area contributed by atoms with E-state index >= 15 is 0 Å². The summed E-state index contributed by atoms with van der Waals surface area (Å²) in [5.74, 6) is 0. The zero-order valence-electron chi connectivity index (χ0n) is 13.2. The highest BCUT2D eigenvalue weighted by Gasteiger charge is 2.09. The number of nitrogens with two attached hydrogens (primary N) is 1. The summed E-state index contributed by atoms with van der Waals surface area (Å²) >= 11 is 0. The molecule has 0 aliphatic rings. The molecule has 5 nitrogen and oxygen atoms in total. The molecule has 1 aromatic heterocycles. The van der Waals surface area contributed by atoms with Crippen LogP contribution in [0.3, 0.4) is 0 Å². The van der Waals surface area contributed by atoms with Crippen LogP contribution in [0.1, 0.15) is 12.5 Å². The Bertz CT molecular complexity index is 1070. The number of rotatable bonds is 3. The summed E-state index contributed by atoms with van der Waals surface area (Å²) in [7, 11) is 0. The number of aromatic nitrogens is 1. The largest absolute Gasteiger partial charge is 0.388 e. The lowest BCUT2D eigenvalue weighted by atomic mass is 10.1. The van der Waals surface area contributed by atoms with Crippen molar-refractivity contribution < 1.29 is 0 Å². The van der Waals surface area contributed by atoms with E-state index < -0.39 is 0 Å². The van der Waals surface area contributed by atoms with E-state index in [2.05, 4.69) is 28.6 Å². The number of fused-ring (bicyclic) bond motifs is 3. The molecule has 0 spiro atoms. The van der Waals surface area contributed by atoms with Crippen LogP contribution in [0.2, 0.25) is 0 Å². The second-order valence-electron chi connectivity index (χ2n) is 5.28. The average molecular weight is 313 g/mol. The maximum atomic E-state index is 9.00. The van der Waals surface area contributed by atoms with Crippen molar-refractivity contribution in [2.24, 2.45) is 10.7 Å². The van der Waals surface area contributed by atoms with Gasteiger partial charge in [0.05, 0.1) is 0 Å². The molecule has 0 saturated heterocycles. The Morgan fingerprint density at radius 1 is 1.12 bits per heavy atom. The van der Waals surface area contributed by atoms with E-state index in [0.29, 0.717) is 0 Å². The third kappa shape index (κ3) is 2.49. The summed E-state index contributed by atoms with van der Waals surface area (Å²) in [4.78, 5) is 4.04. The Hall–Kier alpha value is -3.57. The van der Waals surface area contributed by atoms with Crippen LogP contribution in [0.15, 0.2) is 58.9 Å². The van der Waals surface area contributed by atoms with E-state index in [9.17, 15) is 0 Å². The number of hydrogen-bond acceptors (Lipinski definition) is 4. The standard InChI is InChI=1S/C19H15N5/c1-2-24-18-6-4-3-5-14(18)15-9-13(7-8-19(15)24)12-23-17(11-21)16(22)10-20/h3-9,12H,2,22H2,1H3/b17-16-,23-12?. The zero-order valence-corrected chi connectivity index (χ0v) is 13.2. The fourth-order valence-corrected chi connectivity index (χ4v) is 2.84. The molecule has 0 fully saturated rings. The lowest BCUT2D eigenvalue weighted by Crippen LogP contribution is -1.97. The zero-order chi connectivity index (χ0) is 17.1. The summed E-state index contributed by atoms with van der Waals surface area (Å²) in [5.41, 5.74) is 8.39. The highest BCUT2D eigenvalue weighted by molar-refractivity contribution is 6.09. The molecule has 5 heteroatoms. The Morgan fingerprint density at radius 2 is 1.88 bits per heavy atom. The second kappa shape index (κ2) is 6.28. The SMILES string of the molecule is CCn1c2ccccc2c2cc(C=N/C(C#N)=C(\N)C#N)ccc21. The number of hydrogen-bond donors (Lipinski definition) is 1. The molecular weight excluding hydrogens is 298 g/mol. The Labute approximate surface area is 139 Å². The van der Waals surface area contributed by atoms with Gasteiger partial charge in [0.1, 0.15) is 17.8 Å². The second-order valence-corrected chi connectivity index (χ2v) is 5.28. The number of benzene rings is 2. The molecule has 2 N–H and O–H groups in total. The van der Waals surface area contributed by atoms with Crippen LogP contribution < -0.4 is 5.73 Å². The van der Waals surface area contributed by atoms with Gasteiger partial charge < -0.3 is 10.3 Å². The molecule has 0 amide bonds. The quantitative estimate of drug-likeness (QED) is 0.593. The fraction of sp³-hybridized carbons (Fsp3) is 0.105. The van der Waals surface area contributed by atoms with E-state index in [1.54, 1.807) is 12.3 Å². The molecule has 0 radical (unpaired) electrons. The predicted octanol–water partition coefficient (Wildman–Crippen LogP) is 3.45. The molecule has 116 valence electrons. The lowest BCUT2D eigenvalue weighted by Gasteiger charge is -2.02. The minimum Gasteiger partial charge on any atom is -0.388 e. The van der Waals surface area contributed by atoms with E-state index in [-0.39, 0.29) is 11.4 Å². The van der Waals surface area contributed by atoms with Crippen molar-refractivity contribution in [1.29, 1.82) is 10.5 Å². The Kier molecular flexibility index (Phi) is 4.01. The number of aryl methyl sites for hydroxylation is 1. The summed E-state index contributed by atoms with van der Waals surface area (Å²) in [6, 6.07) is 17.8. The van der Waals surface area contributed by atoms with E-state index in [1.807, 2.05) is 36.4 Å². The van der Waals surface area contributed by atoms with Gasteiger partial charge in [-0.15, -0.1) is 0 Å². The highest BCUT2D eigenvalue weighted by atomic mass is 15.0. The van der Waals surface area contributed by atoms with Gasteiger partial charge in [0.15, 0.2) is 5.70 Å². The summed E-state index contributed by atoms with van der Waals surface area (Å²) in [6.45, 7) is 3.01. The number of para-hydroxylation sites is 1. The Morgan fingerprint density at radius 3 is 2.58 bits per heavy atom. The van der Waals surface area contributed by atoms with Gasteiger partial charge in [-0.1, -0.05) is 24.3 Å². The molecule has 0 bridgehead atoms. The lowest BCUT2D eigenvalue weighted by molar-refractivity contribution is 0.827. The first kappa shape index (κ1) is 15.3. The third-order valence-corrected chi connectivity index (χ3v) is 3.94. The van der Waals surface area contributed by atoms with Crippen molar-refractivity contribution in [3.05, 3.63) is 59.4 Å². The van der Waals surface area contributed by atoms with Crippen molar-refractivity contribution in [2.45, 2.75) is 13.5 Å². The van der Waals surface area contributed by atoms with E-state index in [1.165, 1.54) is 10.9 Å². The summed E-state index contributed by atoms with van der Waals surface area (Å²) < 4.78 is 2.26. The molecule has 0 unspecified atom stereocenters. The first-order valence-electron chi connectivity index (χ1n) is 7.54. The van der Waals surface area contributed by atoms with Crippen LogP contribution in [-0.4, -0.2) is 10.8 Å². The van der Waals surface area contributed by atoms with E-state index in [4.69, 9.17) is 16.3 Å². The molecule has 0 aliphatic heterocycles. The molecule has 0 atom stereocenters. The van der Waals surface area contributed by atoms with Gasteiger partial charge in [0, 0.05) is 34.6 Å². The molecule has 0 saturated carbocycles. The number of aliphatic imine (C=N–C) groups is 1. The minimum absolute atomic E-state index is 0.0754. The number of allylic oxidation sites excluding steroid dienone is 2. The van der Waals surface area contributed by atoms with Gasteiger partial charge in [-0.2, -0.15) is 10.5 Å². The average Bonchev–Trinajstić information content (AvgIpc) is 2.95. The molecule has 24 heavy (non-hydrogen) atoms. The van der Waals surface area contributed by atoms with Crippen LogP contribution in [0.5, 0.6) is 0 Å². The molecule has 3 rings (SSSR count). The van der Waals surface area contributed by atoms with Gasteiger partial charge in [-0.05, 0) is 30.7 Å². The van der Waals surface area contributed by atoms with Gasteiger partial charge in [0.2, 0.25) is 0 Å². The number of nitriles is 2. The van der Waals surface area contributed by atoms with E-state index in [0.717, 1.165) is 23.0 Å². The van der Waals surface area contributed by atoms with Crippen LogP contribution in [-0.2, 0) is 6.54 Å². The minimum atomic E-state index is -0.183. The first-order chi connectivity index (χ1) is 11.7. The van der Waals surface area contributed by atoms with Crippen molar-refractivity contribution in [3.63, 3.8) is 0 Å². The Balaban J connectivity index is 2.15. The molecular formula is C19H15N5.